The van der Waals surface area contributed by atoms with Gasteiger partial charge in [0.2, 0.25) is 5.28 Å². The first-order valence-corrected chi connectivity index (χ1v) is 8.10. The van der Waals surface area contributed by atoms with Gasteiger partial charge in [0.1, 0.15) is 0 Å². The monoisotopic (exact) mass is 323 g/mol. The van der Waals surface area contributed by atoms with Crippen LogP contribution >= 0.6 is 23.4 Å². The molecule has 0 fully saturated rings. The molecule has 0 radical (unpaired) electrons. The summed E-state index contributed by atoms with van der Waals surface area (Å²) in [6, 6.07) is 8.63. The minimum atomic E-state index is 0.150. The van der Waals surface area contributed by atoms with Crippen LogP contribution in [0.4, 0.5) is 0 Å². The zero-order valence-electron chi connectivity index (χ0n) is 12.3. The number of aromatic nitrogens is 3. The predicted molar refractivity (Wildman–Crippen MR) is 85.3 cm³/mol. The van der Waals surface area contributed by atoms with Crippen LogP contribution in [-0.2, 0) is 0 Å². The Balaban J connectivity index is 2.12. The first kappa shape index (κ1) is 16.0. The Morgan fingerprint density at radius 3 is 2.48 bits per heavy atom. The highest BCUT2D eigenvalue weighted by molar-refractivity contribution is 7.99. The second-order valence-corrected chi connectivity index (χ2v) is 6.22. The van der Waals surface area contributed by atoms with E-state index in [1.165, 1.54) is 17.3 Å². The van der Waals surface area contributed by atoms with Gasteiger partial charge in [0.05, 0.1) is 6.61 Å². The van der Waals surface area contributed by atoms with Gasteiger partial charge in [-0.1, -0.05) is 32.9 Å². The average molecular weight is 324 g/mol. The van der Waals surface area contributed by atoms with Crippen molar-refractivity contribution in [2.45, 2.75) is 43.2 Å². The van der Waals surface area contributed by atoms with Gasteiger partial charge in [0.25, 0.3) is 0 Å². The van der Waals surface area contributed by atoms with Crippen LogP contribution in [0.2, 0.25) is 5.28 Å². The number of hydrogen-bond donors (Lipinski definition) is 0. The first-order chi connectivity index (χ1) is 10.1. The molecule has 0 aliphatic carbocycles. The van der Waals surface area contributed by atoms with Crippen LogP contribution in [0.15, 0.2) is 34.3 Å². The maximum absolute atomic E-state index is 5.91. The molecule has 1 aromatic heterocycles. The Hall–Kier alpha value is -1.33. The van der Waals surface area contributed by atoms with Crippen molar-refractivity contribution in [2.75, 3.05) is 6.61 Å². The fourth-order valence-electron chi connectivity index (χ4n) is 1.64. The molecule has 0 atom stereocenters. The first-order valence-electron chi connectivity index (χ1n) is 6.90. The standard InChI is InChI=1S/C15H18ClN3OS/c1-4-9-20-14-17-13(16)18-15(19-14)21-12-7-5-11(6-8-12)10(2)3/h5-8,10H,4,9H2,1-3H3. The normalized spacial score (nSPS) is 10.9. The fraction of sp³-hybridized carbons (Fsp3) is 0.400. The molecule has 1 heterocycles. The van der Waals surface area contributed by atoms with E-state index >= 15 is 0 Å². The molecule has 112 valence electrons. The van der Waals surface area contributed by atoms with Crippen LogP contribution in [0.3, 0.4) is 0 Å². The van der Waals surface area contributed by atoms with Crippen molar-refractivity contribution < 1.29 is 4.74 Å². The third kappa shape index (κ3) is 4.86. The molecule has 4 nitrogen and oxygen atoms in total. The van der Waals surface area contributed by atoms with E-state index in [1.54, 1.807) is 0 Å². The van der Waals surface area contributed by atoms with E-state index in [9.17, 15) is 0 Å². The zero-order valence-corrected chi connectivity index (χ0v) is 13.9. The van der Waals surface area contributed by atoms with E-state index in [2.05, 4.69) is 53.1 Å². The number of rotatable bonds is 6. The van der Waals surface area contributed by atoms with E-state index < -0.39 is 0 Å². The molecule has 0 spiro atoms. The highest BCUT2D eigenvalue weighted by atomic mass is 35.5. The molecular formula is C15H18ClN3OS. The maximum Gasteiger partial charge on any atom is 0.321 e. The Morgan fingerprint density at radius 1 is 1.14 bits per heavy atom. The summed E-state index contributed by atoms with van der Waals surface area (Å²) in [5, 5.41) is 0.691. The third-order valence-corrected chi connectivity index (χ3v) is 3.80. The zero-order chi connectivity index (χ0) is 15.2. The summed E-state index contributed by atoms with van der Waals surface area (Å²) < 4.78 is 5.40. The Labute approximate surface area is 134 Å². The lowest BCUT2D eigenvalue weighted by molar-refractivity contribution is 0.288. The number of halogens is 1. The Bertz CT molecular complexity index is 590. The Kier molecular flexibility index (Phi) is 5.82. The second-order valence-electron chi connectivity index (χ2n) is 4.84. The predicted octanol–water partition coefficient (Wildman–Crippen LogP) is 4.59. The summed E-state index contributed by atoms with van der Waals surface area (Å²) in [7, 11) is 0. The van der Waals surface area contributed by atoms with E-state index in [4.69, 9.17) is 16.3 Å². The minimum Gasteiger partial charge on any atom is -0.463 e. The van der Waals surface area contributed by atoms with Crippen molar-refractivity contribution in [3.8, 4) is 6.01 Å². The van der Waals surface area contributed by atoms with Crippen LogP contribution in [0.5, 0.6) is 6.01 Å². The maximum atomic E-state index is 5.91. The van der Waals surface area contributed by atoms with Gasteiger partial charge in [-0.15, -0.1) is 0 Å². The molecule has 0 saturated heterocycles. The van der Waals surface area contributed by atoms with E-state index in [-0.39, 0.29) is 11.3 Å². The van der Waals surface area contributed by atoms with Crippen molar-refractivity contribution in [1.29, 1.82) is 0 Å². The summed E-state index contributed by atoms with van der Waals surface area (Å²) in [6.45, 7) is 6.93. The fourth-order valence-corrected chi connectivity index (χ4v) is 2.59. The lowest BCUT2D eigenvalue weighted by Crippen LogP contribution is -2.02. The molecule has 0 aliphatic heterocycles. The van der Waals surface area contributed by atoms with Crippen molar-refractivity contribution in [3.63, 3.8) is 0 Å². The van der Waals surface area contributed by atoms with Gasteiger partial charge in [-0.05, 0) is 53.4 Å². The van der Waals surface area contributed by atoms with Crippen molar-refractivity contribution in [1.82, 2.24) is 15.0 Å². The summed E-state index contributed by atoms with van der Waals surface area (Å²) in [6.07, 6.45) is 0.891. The summed E-state index contributed by atoms with van der Waals surface area (Å²) in [5.74, 6) is 0.518. The van der Waals surface area contributed by atoms with Gasteiger partial charge in [-0.25, -0.2) is 0 Å². The third-order valence-electron chi connectivity index (χ3n) is 2.76. The van der Waals surface area contributed by atoms with E-state index in [1.807, 2.05) is 6.92 Å². The molecule has 0 aliphatic rings. The van der Waals surface area contributed by atoms with Crippen LogP contribution < -0.4 is 4.74 Å². The van der Waals surface area contributed by atoms with Gasteiger partial charge in [-0.2, -0.15) is 15.0 Å². The van der Waals surface area contributed by atoms with Crippen LogP contribution in [0.1, 0.15) is 38.7 Å². The van der Waals surface area contributed by atoms with Crippen molar-refractivity contribution in [2.24, 2.45) is 0 Å². The molecule has 21 heavy (non-hydrogen) atoms. The van der Waals surface area contributed by atoms with Gasteiger partial charge >= 0.3 is 6.01 Å². The van der Waals surface area contributed by atoms with Gasteiger partial charge in [0, 0.05) is 4.90 Å². The SMILES string of the molecule is CCCOc1nc(Cl)nc(Sc2ccc(C(C)C)cc2)n1. The highest BCUT2D eigenvalue weighted by Crippen LogP contribution is 2.27. The largest absolute Gasteiger partial charge is 0.463 e. The summed E-state index contributed by atoms with van der Waals surface area (Å²) in [4.78, 5) is 13.4. The van der Waals surface area contributed by atoms with E-state index in [0.717, 1.165) is 11.3 Å². The lowest BCUT2D eigenvalue weighted by atomic mass is 10.0. The Morgan fingerprint density at radius 2 is 1.86 bits per heavy atom. The van der Waals surface area contributed by atoms with Crippen LogP contribution in [0, 0.1) is 0 Å². The molecule has 2 rings (SSSR count). The lowest BCUT2D eigenvalue weighted by Gasteiger charge is -2.07. The molecule has 0 saturated carbocycles. The molecular weight excluding hydrogens is 306 g/mol. The second kappa shape index (κ2) is 7.61. The number of ether oxygens (including phenoxy) is 1. The quantitative estimate of drug-likeness (QED) is 0.778. The topological polar surface area (TPSA) is 47.9 Å². The molecule has 0 N–H and O–H groups in total. The molecule has 0 bridgehead atoms. The number of hydrogen-bond acceptors (Lipinski definition) is 5. The van der Waals surface area contributed by atoms with E-state index in [0.29, 0.717) is 17.7 Å². The minimum absolute atomic E-state index is 0.150. The van der Waals surface area contributed by atoms with Gasteiger partial charge in [-0.3, -0.25) is 0 Å². The number of nitrogens with zero attached hydrogens (tertiary/aromatic N) is 3. The molecule has 6 heteroatoms. The van der Waals surface area contributed by atoms with Crippen molar-refractivity contribution >= 4 is 23.4 Å². The number of benzene rings is 1. The van der Waals surface area contributed by atoms with Gasteiger partial charge < -0.3 is 4.74 Å². The molecule has 0 amide bonds. The van der Waals surface area contributed by atoms with Crippen LogP contribution in [-0.4, -0.2) is 21.6 Å². The molecule has 0 unspecified atom stereocenters. The summed E-state index contributed by atoms with van der Waals surface area (Å²) in [5.41, 5.74) is 1.31. The average Bonchev–Trinajstić information content (AvgIpc) is 2.45. The van der Waals surface area contributed by atoms with Gasteiger partial charge in [0.15, 0.2) is 5.16 Å². The highest BCUT2D eigenvalue weighted by Gasteiger charge is 2.08. The molecule has 1 aromatic carbocycles. The van der Waals surface area contributed by atoms with Crippen molar-refractivity contribution in [3.05, 3.63) is 35.1 Å². The van der Waals surface area contributed by atoms with Crippen LogP contribution in [0.25, 0.3) is 0 Å². The summed E-state index contributed by atoms with van der Waals surface area (Å²) >= 11 is 7.35. The molecule has 2 aromatic rings. The smallest absolute Gasteiger partial charge is 0.321 e.